The van der Waals surface area contributed by atoms with Crippen LogP contribution in [0.1, 0.15) is 46.1 Å². The van der Waals surface area contributed by atoms with E-state index < -0.39 is 11.5 Å². The summed E-state index contributed by atoms with van der Waals surface area (Å²) in [5.74, 6) is -0.120. The van der Waals surface area contributed by atoms with Gasteiger partial charge in [-0.2, -0.15) is 0 Å². The molecule has 20 heavy (non-hydrogen) atoms. The van der Waals surface area contributed by atoms with Gasteiger partial charge in [0.25, 0.3) is 0 Å². The van der Waals surface area contributed by atoms with Crippen molar-refractivity contribution in [3.05, 3.63) is 29.8 Å². The van der Waals surface area contributed by atoms with Crippen LogP contribution < -0.4 is 5.32 Å². The van der Waals surface area contributed by atoms with Crippen molar-refractivity contribution in [1.82, 2.24) is 0 Å². The van der Waals surface area contributed by atoms with Gasteiger partial charge in [-0.25, -0.2) is 4.79 Å². The number of carboxylic acids is 1. The Morgan fingerprint density at radius 1 is 1.15 bits per heavy atom. The fourth-order valence-corrected chi connectivity index (χ4v) is 2.78. The molecule has 0 aliphatic carbocycles. The van der Waals surface area contributed by atoms with Crippen LogP contribution in [-0.2, 0) is 4.79 Å². The maximum absolute atomic E-state index is 11.9. The standard InChI is InChI=1S/C17H27NO2/c1-12(2)10-17(16(19)20,11-13(3)4)18-15-9-7-6-8-14(15)5/h6-9,12-13,18H,10-11H2,1-5H3,(H,19,20). The van der Waals surface area contributed by atoms with Crippen LogP contribution in [0, 0.1) is 18.8 Å². The Labute approximate surface area is 122 Å². The third-order valence-corrected chi connectivity index (χ3v) is 3.44. The van der Waals surface area contributed by atoms with E-state index in [2.05, 4.69) is 33.0 Å². The third kappa shape index (κ3) is 4.26. The van der Waals surface area contributed by atoms with Gasteiger partial charge in [0.2, 0.25) is 0 Å². The normalized spacial score (nSPS) is 11.9. The molecular weight excluding hydrogens is 250 g/mol. The fourth-order valence-electron chi connectivity index (χ4n) is 2.78. The lowest BCUT2D eigenvalue weighted by molar-refractivity contribution is -0.143. The average Bonchev–Trinajstić information content (AvgIpc) is 2.30. The largest absolute Gasteiger partial charge is 0.480 e. The summed E-state index contributed by atoms with van der Waals surface area (Å²) in [7, 11) is 0. The quantitative estimate of drug-likeness (QED) is 0.780. The summed E-state index contributed by atoms with van der Waals surface area (Å²) in [5, 5.41) is 13.1. The molecule has 0 saturated heterocycles. The van der Waals surface area contributed by atoms with Crippen molar-refractivity contribution in [3.63, 3.8) is 0 Å². The Balaban J connectivity index is 3.14. The number of rotatable bonds is 7. The zero-order chi connectivity index (χ0) is 15.3. The predicted molar refractivity (Wildman–Crippen MR) is 84.1 cm³/mol. The second-order valence-corrected chi connectivity index (χ2v) is 6.52. The highest BCUT2D eigenvalue weighted by molar-refractivity contribution is 5.83. The second kappa shape index (κ2) is 6.78. The van der Waals surface area contributed by atoms with E-state index >= 15 is 0 Å². The van der Waals surface area contributed by atoms with Crippen molar-refractivity contribution in [1.29, 1.82) is 0 Å². The lowest BCUT2D eigenvalue weighted by atomic mass is 9.81. The SMILES string of the molecule is Cc1ccccc1NC(CC(C)C)(CC(C)C)C(=O)O. The third-order valence-electron chi connectivity index (χ3n) is 3.44. The van der Waals surface area contributed by atoms with Gasteiger partial charge in [-0.3, -0.25) is 0 Å². The lowest BCUT2D eigenvalue weighted by Gasteiger charge is -2.35. The minimum absolute atomic E-state index is 0.321. The molecule has 1 rings (SSSR count). The molecule has 0 radical (unpaired) electrons. The molecule has 0 spiro atoms. The van der Waals surface area contributed by atoms with Gasteiger partial charge < -0.3 is 10.4 Å². The number of nitrogens with one attached hydrogen (secondary N) is 1. The van der Waals surface area contributed by atoms with Gasteiger partial charge in [-0.15, -0.1) is 0 Å². The lowest BCUT2D eigenvalue weighted by Crippen LogP contribution is -2.48. The van der Waals surface area contributed by atoms with Crippen LogP contribution in [0.15, 0.2) is 24.3 Å². The first-order valence-electron chi connectivity index (χ1n) is 7.34. The number of anilines is 1. The molecule has 0 unspecified atom stereocenters. The van der Waals surface area contributed by atoms with Crippen LogP contribution in [0.2, 0.25) is 0 Å². The van der Waals surface area contributed by atoms with Crippen LogP contribution in [0.25, 0.3) is 0 Å². The van der Waals surface area contributed by atoms with Gasteiger partial charge in [-0.1, -0.05) is 45.9 Å². The van der Waals surface area contributed by atoms with E-state index in [1.807, 2.05) is 31.2 Å². The van der Waals surface area contributed by atoms with Gasteiger partial charge in [-0.05, 0) is 43.2 Å². The number of benzene rings is 1. The number of para-hydroxylation sites is 1. The van der Waals surface area contributed by atoms with Crippen molar-refractivity contribution in [2.24, 2.45) is 11.8 Å². The summed E-state index contributed by atoms with van der Waals surface area (Å²) in [5.41, 5.74) is 1.09. The highest BCUT2D eigenvalue weighted by Gasteiger charge is 2.39. The van der Waals surface area contributed by atoms with E-state index in [-0.39, 0.29) is 0 Å². The molecule has 0 fully saturated rings. The molecule has 2 N–H and O–H groups in total. The number of hydrogen-bond donors (Lipinski definition) is 2. The molecule has 0 heterocycles. The Morgan fingerprint density at radius 3 is 2.05 bits per heavy atom. The number of hydrogen-bond acceptors (Lipinski definition) is 2. The molecule has 0 aliphatic rings. The van der Waals surface area contributed by atoms with E-state index in [1.165, 1.54) is 0 Å². The smallest absolute Gasteiger partial charge is 0.329 e. The summed E-state index contributed by atoms with van der Waals surface area (Å²) >= 11 is 0. The summed E-state index contributed by atoms with van der Waals surface area (Å²) in [6.07, 6.45) is 1.24. The maximum Gasteiger partial charge on any atom is 0.329 e. The summed E-state index contributed by atoms with van der Waals surface area (Å²) in [6.45, 7) is 10.3. The molecule has 1 aromatic carbocycles. The summed E-state index contributed by atoms with van der Waals surface area (Å²) in [4.78, 5) is 11.9. The van der Waals surface area contributed by atoms with Gasteiger partial charge in [0.15, 0.2) is 0 Å². The first-order valence-corrected chi connectivity index (χ1v) is 7.34. The Morgan fingerprint density at radius 2 is 1.65 bits per heavy atom. The number of aliphatic carboxylic acids is 1. The first-order chi connectivity index (χ1) is 9.27. The highest BCUT2D eigenvalue weighted by Crippen LogP contribution is 2.31. The molecule has 0 bridgehead atoms. The number of carbonyl (C=O) groups is 1. The van der Waals surface area contributed by atoms with Gasteiger partial charge >= 0.3 is 5.97 Å². The Kier molecular flexibility index (Phi) is 5.61. The predicted octanol–water partition coefficient (Wildman–Crippen LogP) is 4.32. The molecule has 112 valence electrons. The second-order valence-electron chi connectivity index (χ2n) is 6.52. The average molecular weight is 277 g/mol. The Bertz CT molecular complexity index is 442. The molecule has 3 heteroatoms. The Hall–Kier alpha value is -1.51. The van der Waals surface area contributed by atoms with Crippen molar-refractivity contribution >= 4 is 11.7 Å². The highest BCUT2D eigenvalue weighted by atomic mass is 16.4. The molecule has 0 aliphatic heterocycles. The van der Waals surface area contributed by atoms with E-state index in [4.69, 9.17) is 0 Å². The van der Waals surface area contributed by atoms with Crippen molar-refractivity contribution in [3.8, 4) is 0 Å². The number of carboxylic acid groups (broad SMARTS) is 1. The number of aryl methyl sites for hydroxylation is 1. The molecule has 0 saturated carbocycles. The van der Waals surface area contributed by atoms with Gasteiger partial charge in [0.05, 0.1) is 0 Å². The minimum Gasteiger partial charge on any atom is -0.480 e. The van der Waals surface area contributed by atoms with Crippen molar-refractivity contribution in [2.45, 2.75) is 53.0 Å². The van der Waals surface area contributed by atoms with Crippen LogP contribution >= 0.6 is 0 Å². The van der Waals surface area contributed by atoms with Gasteiger partial charge in [0.1, 0.15) is 5.54 Å². The van der Waals surface area contributed by atoms with E-state index in [0.717, 1.165) is 11.3 Å². The summed E-state index contributed by atoms with van der Waals surface area (Å²) in [6, 6.07) is 7.86. The monoisotopic (exact) mass is 277 g/mol. The maximum atomic E-state index is 11.9. The van der Waals surface area contributed by atoms with Crippen molar-refractivity contribution in [2.75, 3.05) is 5.32 Å². The summed E-state index contributed by atoms with van der Waals surface area (Å²) < 4.78 is 0. The topological polar surface area (TPSA) is 49.3 Å². The van der Waals surface area contributed by atoms with Gasteiger partial charge in [0, 0.05) is 5.69 Å². The molecular formula is C17H27NO2. The van der Waals surface area contributed by atoms with E-state index in [1.54, 1.807) is 0 Å². The van der Waals surface area contributed by atoms with Crippen molar-refractivity contribution < 1.29 is 9.90 Å². The van der Waals surface area contributed by atoms with E-state index in [0.29, 0.717) is 24.7 Å². The molecule has 0 atom stereocenters. The fraction of sp³-hybridized carbons (Fsp3) is 0.588. The molecule has 0 amide bonds. The zero-order valence-electron chi connectivity index (χ0n) is 13.2. The first kappa shape index (κ1) is 16.5. The molecule has 1 aromatic rings. The van der Waals surface area contributed by atoms with Crippen LogP contribution in [0.4, 0.5) is 5.69 Å². The van der Waals surface area contributed by atoms with Crippen LogP contribution in [0.3, 0.4) is 0 Å². The molecule has 0 aromatic heterocycles. The van der Waals surface area contributed by atoms with E-state index in [9.17, 15) is 9.90 Å². The zero-order valence-corrected chi connectivity index (χ0v) is 13.2. The molecule has 3 nitrogen and oxygen atoms in total. The van der Waals surface area contributed by atoms with Crippen LogP contribution in [-0.4, -0.2) is 16.6 Å². The minimum atomic E-state index is -0.894. The van der Waals surface area contributed by atoms with Crippen LogP contribution in [0.5, 0.6) is 0 Å².